The zero-order chi connectivity index (χ0) is 17.8. The molecule has 2 aromatic heterocycles. The van der Waals surface area contributed by atoms with Crippen molar-refractivity contribution < 1.29 is 14.0 Å². The van der Waals surface area contributed by atoms with Crippen molar-refractivity contribution in [2.75, 3.05) is 31.9 Å². The second kappa shape index (κ2) is 7.56. The highest BCUT2D eigenvalue weighted by Crippen LogP contribution is 2.14. The Morgan fingerprint density at radius 3 is 2.64 bits per heavy atom. The van der Waals surface area contributed by atoms with E-state index in [2.05, 4.69) is 9.97 Å². The second-order valence-corrected chi connectivity index (χ2v) is 6.59. The van der Waals surface area contributed by atoms with Gasteiger partial charge in [-0.2, -0.15) is 0 Å². The number of aromatic amines is 1. The predicted molar refractivity (Wildman–Crippen MR) is 91.5 cm³/mol. The summed E-state index contributed by atoms with van der Waals surface area (Å²) in [6, 6.07) is 4.71. The van der Waals surface area contributed by atoms with E-state index in [-0.39, 0.29) is 23.1 Å². The summed E-state index contributed by atoms with van der Waals surface area (Å²) in [5.74, 6) is 0.301. The molecule has 2 aromatic rings. The zero-order valence-electron chi connectivity index (χ0n) is 13.7. The van der Waals surface area contributed by atoms with Crippen LogP contribution in [0.3, 0.4) is 0 Å². The van der Waals surface area contributed by atoms with Gasteiger partial charge >= 0.3 is 0 Å². The highest BCUT2D eigenvalue weighted by Gasteiger charge is 2.26. The summed E-state index contributed by atoms with van der Waals surface area (Å²) >= 11 is 1.20. The number of amides is 2. The van der Waals surface area contributed by atoms with Gasteiger partial charge in [-0.05, 0) is 19.1 Å². The Morgan fingerprint density at radius 1 is 1.28 bits per heavy atom. The van der Waals surface area contributed by atoms with Gasteiger partial charge in [0, 0.05) is 37.9 Å². The molecule has 0 bridgehead atoms. The van der Waals surface area contributed by atoms with Gasteiger partial charge in [-0.15, -0.1) is 0 Å². The molecule has 9 heteroatoms. The summed E-state index contributed by atoms with van der Waals surface area (Å²) in [6.07, 6.45) is 1.47. The average molecular weight is 362 g/mol. The number of piperazine rings is 1. The Bertz CT molecular complexity index is 810. The van der Waals surface area contributed by atoms with Crippen LogP contribution in [0.4, 0.5) is 0 Å². The number of thioether (sulfide) groups is 1. The molecule has 0 unspecified atom stereocenters. The van der Waals surface area contributed by atoms with Crippen LogP contribution in [-0.4, -0.2) is 63.5 Å². The van der Waals surface area contributed by atoms with E-state index in [1.165, 1.54) is 24.1 Å². The Kier molecular flexibility index (Phi) is 5.22. The Hall–Kier alpha value is -2.55. The van der Waals surface area contributed by atoms with E-state index >= 15 is 0 Å². The Morgan fingerprint density at radius 2 is 2.00 bits per heavy atom. The van der Waals surface area contributed by atoms with Gasteiger partial charge in [0.05, 0.1) is 12.0 Å². The molecule has 0 atom stereocenters. The maximum absolute atomic E-state index is 12.3. The maximum atomic E-state index is 12.3. The lowest BCUT2D eigenvalue weighted by Gasteiger charge is -2.34. The number of rotatable bonds is 4. The highest BCUT2D eigenvalue weighted by atomic mass is 32.2. The minimum absolute atomic E-state index is 0.0424. The van der Waals surface area contributed by atoms with Gasteiger partial charge in [0.1, 0.15) is 0 Å². The van der Waals surface area contributed by atoms with E-state index < -0.39 is 0 Å². The molecule has 3 rings (SSSR count). The van der Waals surface area contributed by atoms with E-state index in [1.807, 2.05) is 0 Å². The monoisotopic (exact) mass is 362 g/mol. The molecule has 0 radical (unpaired) electrons. The fourth-order valence-electron chi connectivity index (χ4n) is 2.56. The number of hydrogen-bond acceptors (Lipinski definition) is 6. The van der Waals surface area contributed by atoms with E-state index in [9.17, 15) is 14.4 Å². The van der Waals surface area contributed by atoms with Crippen molar-refractivity contribution in [1.29, 1.82) is 0 Å². The van der Waals surface area contributed by atoms with Gasteiger partial charge in [-0.25, -0.2) is 4.98 Å². The van der Waals surface area contributed by atoms with E-state index in [0.29, 0.717) is 42.8 Å². The molecule has 1 saturated heterocycles. The van der Waals surface area contributed by atoms with Crippen molar-refractivity contribution in [2.45, 2.75) is 12.1 Å². The molecular formula is C16H18N4O4S. The quantitative estimate of drug-likeness (QED) is 0.636. The van der Waals surface area contributed by atoms with Gasteiger partial charge in [0.2, 0.25) is 5.91 Å². The number of aryl methyl sites for hydroxylation is 1. The summed E-state index contributed by atoms with van der Waals surface area (Å²) in [5.41, 5.74) is 0.385. The Labute approximate surface area is 148 Å². The van der Waals surface area contributed by atoms with Crippen LogP contribution in [0.1, 0.15) is 16.2 Å². The molecule has 0 aliphatic carbocycles. The number of nitrogens with one attached hydrogen (secondary N) is 1. The smallest absolute Gasteiger partial charge is 0.289 e. The topological polar surface area (TPSA) is 99.5 Å². The van der Waals surface area contributed by atoms with Crippen LogP contribution in [0.25, 0.3) is 0 Å². The third-order valence-electron chi connectivity index (χ3n) is 3.83. The fourth-order valence-corrected chi connectivity index (χ4v) is 3.38. The van der Waals surface area contributed by atoms with E-state index in [0.717, 1.165) is 0 Å². The number of carbonyl (C=O) groups is 2. The number of H-pyrrole nitrogens is 1. The summed E-state index contributed by atoms with van der Waals surface area (Å²) in [4.78, 5) is 46.1. The lowest BCUT2D eigenvalue weighted by molar-refractivity contribution is -0.129. The lowest BCUT2D eigenvalue weighted by atomic mass is 10.3. The molecule has 132 valence electrons. The van der Waals surface area contributed by atoms with Gasteiger partial charge in [-0.3, -0.25) is 14.4 Å². The third-order valence-corrected chi connectivity index (χ3v) is 4.69. The van der Waals surface area contributed by atoms with Crippen LogP contribution in [0, 0.1) is 6.92 Å². The first-order valence-electron chi connectivity index (χ1n) is 7.84. The van der Waals surface area contributed by atoms with Crippen molar-refractivity contribution in [3.63, 3.8) is 0 Å². The lowest BCUT2D eigenvalue weighted by Crippen LogP contribution is -2.51. The van der Waals surface area contributed by atoms with Gasteiger partial charge < -0.3 is 19.2 Å². The van der Waals surface area contributed by atoms with Crippen LogP contribution in [-0.2, 0) is 4.79 Å². The molecule has 0 saturated carbocycles. The zero-order valence-corrected chi connectivity index (χ0v) is 14.5. The summed E-state index contributed by atoms with van der Waals surface area (Å²) in [7, 11) is 0. The number of aromatic nitrogens is 2. The number of carbonyl (C=O) groups excluding carboxylic acids is 2. The largest absolute Gasteiger partial charge is 0.459 e. The summed E-state index contributed by atoms with van der Waals surface area (Å²) in [5, 5.41) is 0.435. The molecule has 3 heterocycles. The molecule has 25 heavy (non-hydrogen) atoms. The third kappa shape index (κ3) is 4.30. The average Bonchev–Trinajstić information content (AvgIpc) is 3.13. The van der Waals surface area contributed by atoms with Crippen molar-refractivity contribution in [3.8, 4) is 0 Å². The molecule has 0 aromatic carbocycles. The number of nitrogens with zero attached hydrogens (tertiary/aromatic N) is 3. The van der Waals surface area contributed by atoms with Gasteiger partial charge in [-0.1, -0.05) is 11.8 Å². The predicted octanol–water partition coefficient (Wildman–Crippen LogP) is 0.748. The molecular weight excluding hydrogens is 344 g/mol. The highest BCUT2D eigenvalue weighted by molar-refractivity contribution is 7.99. The summed E-state index contributed by atoms with van der Waals surface area (Å²) in [6.45, 7) is 3.62. The van der Waals surface area contributed by atoms with Crippen molar-refractivity contribution >= 4 is 23.6 Å². The molecule has 1 aliphatic rings. The first-order valence-corrected chi connectivity index (χ1v) is 8.83. The molecule has 1 fully saturated rings. The molecule has 8 nitrogen and oxygen atoms in total. The SMILES string of the molecule is Cc1cc(=O)[nH]c(SCC(=O)N2CCN(C(=O)c3ccco3)CC2)n1. The van der Waals surface area contributed by atoms with Gasteiger partial charge in [0.15, 0.2) is 10.9 Å². The number of furan rings is 1. The van der Waals surface area contributed by atoms with Crippen molar-refractivity contribution in [2.24, 2.45) is 0 Å². The van der Waals surface area contributed by atoms with Crippen molar-refractivity contribution in [1.82, 2.24) is 19.8 Å². The summed E-state index contributed by atoms with van der Waals surface area (Å²) < 4.78 is 5.12. The maximum Gasteiger partial charge on any atom is 0.289 e. The van der Waals surface area contributed by atoms with Crippen molar-refractivity contribution in [3.05, 3.63) is 46.3 Å². The standard InChI is InChI=1S/C16H18N4O4S/c1-11-9-13(21)18-16(17-11)25-10-14(22)19-4-6-20(7-5-19)15(23)12-3-2-8-24-12/h2-3,8-9H,4-7,10H2,1H3,(H,17,18,21). The van der Waals surface area contributed by atoms with Crippen LogP contribution in [0.2, 0.25) is 0 Å². The molecule has 0 spiro atoms. The van der Waals surface area contributed by atoms with Crippen LogP contribution >= 0.6 is 11.8 Å². The fraction of sp³-hybridized carbons (Fsp3) is 0.375. The Balaban J connectivity index is 1.50. The second-order valence-electron chi connectivity index (χ2n) is 5.63. The van der Waals surface area contributed by atoms with E-state index in [1.54, 1.807) is 28.9 Å². The molecule has 1 N–H and O–H groups in total. The normalized spacial score (nSPS) is 14.6. The van der Waals surface area contributed by atoms with Crippen LogP contribution in [0.15, 0.2) is 38.8 Å². The number of hydrogen-bond donors (Lipinski definition) is 1. The minimum atomic E-state index is -0.229. The van der Waals surface area contributed by atoms with Gasteiger partial charge in [0.25, 0.3) is 11.5 Å². The first kappa shape index (κ1) is 17.3. The minimum Gasteiger partial charge on any atom is -0.459 e. The molecule has 2 amide bonds. The first-order chi connectivity index (χ1) is 12.0. The molecule has 1 aliphatic heterocycles. The van der Waals surface area contributed by atoms with Crippen LogP contribution in [0.5, 0.6) is 0 Å². The van der Waals surface area contributed by atoms with Crippen LogP contribution < -0.4 is 5.56 Å². The van der Waals surface area contributed by atoms with E-state index in [4.69, 9.17) is 4.42 Å².